The lowest BCUT2D eigenvalue weighted by Gasteiger charge is -2.18. The van der Waals surface area contributed by atoms with Crippen molar-refractivity contribution in [2.24, 2.45) is 0 Å². The summed E-state index contributed by atoms with van der Waals surface area (Å²) in [6, 6.07) is 4.71. The Morgan fingerprint density at radius 3 is 3.05 bits per heavy atom. The van der Waals surface area contributed by atoms with Crippen molar-refractivity contribution >= 4 is 11.6 Å². The van der Waals surface area contributed by atoms with E-state index in [4.69, 9.17) is 20.9 Å². The molecular weight excluding hydrogens is 268 g/mol. The van der Waals surface area contributed by atoms with Gasteiger partial charge in [0.05, 0.1) is 12.2 Å². The minimum absolute atomic E-state index is 0.0690. The van der Waals surface area contributed by atoms with Gasteiger partial charge in [-0.05, 0) is 31.0 Å². The van der Waals surface area contributed by atoms with Crippen LogP contribution in [-0.4, -0.2) is 28.5 Å². The molecule has 1 saturated heterocycles. The summed E-state index contributed by atoms with van der Waals surface area (Å²) in [5.41, 5.74) is 0.447. The van der Waals surface area contributed by atoms with Crippen LogP contribution in [0.4, 0.5) is 0 Å². The molecule has 1 unspecified atom stereocenters. The highest BCUT2D eigenvalue weighted by atomic mass is 35.5. The highest BCUT2D eigenvalue weighted by Gasteiger charge is 2.22. The number of hydrogen-bond donors (Lipinski definition) is 1. The second kappa shape index (κ2) is 5.19. The van der Waals surface area contributed by atoms with Crippen LogP contribution in [0.3, 0.4) is 0 Å². The zero-order valence-electron chi connectivity index (χ0n) is 10.2. The Hall–Kier alpha value is -1.59. The first kappa shape index (κ1) is 12.4. The molecule has 19 heavy (non-hydrogen) atoms. The smallest absolute Gasteiger partial charge is 0.261 e. The van der Waals surface area contributed by atoms with Gasteiger partial charge >= 0.3 is 0 Å². The average Bonchev–Trinajstić information content (AvgIpc) is 2.92. The van der Waals surface area contributed by atoms with Crippen molar-refractivity contribution in [3.63, 3.8) is 0 Å². The lowest BCUT2D eigenvalue weighted by Crippen LogP contribution is -2.16. The fourth-order valence-corrected chi connectivity index (χ4v) is 2.31. The van der Waals surface area contributed by atoms with Crippen LogP contribution in [-0.2, 0) is 4.74 Å². The summed E-state index contributed by atoms with van der Waals surface area (Å²) in [5, 5.41) is 14.3. The molecule has 1 fully saturated rings. The molecule has 6 heteroatoms. The van der Waals surface area contributed by atoms with E-state index in [1.165, 1.54) is 6.07 Å². The number of hydrogen-bond acceptors (Lipinski definition) is 5. The molecule has 0 aliphatic carbocycles. The van der Waals surface area contributed by atoms with E-state index in [0.29, 0.717) is 23.0 Å². The van der Waals surface area contributed by atoms with Crippen LogP contribution in [0.15, 0.2) is 22.7 Å². The number of aromatic hydroxyl groups is 1. The molecule has 1 aliphatic heterocycles. The first-order valence-electron chi connectivity index (χ1n) is 6.14. The number of ether oxygens (including phenoxy) is 1. The predicted octanol–water partition coefficient (Wildman–Crippen LogP) is 2.99. The second-order valence-corrected chi connectivity index (χ2v) is 4.97. The fraction of sp³-hybridized carbons (Fsp3) is 0.385. The minimum atomic E-state index is 0.0690. The summed E-state index contributed by atoms with van der Waals surface area (Å²) >= 11 is 5.90. The summed E-state index contributed by atoms with van der Waals surface area (Å²) in [7, 11) is 0. The van der Waals surface area contributed by atoms with Gasteiger partial charge in [-0.15, -0.1) is 0 Å². The van der Waals surface area contributed by atoms with E-state index in [1.54, 1.807) is 12.1 Å². The van der Waals surface area contributed by atoms with Gasteiger partial charge in [-0.3, -0.25) is 0 Å². The van der Waals surface area contributed by atoms with Gasteiger partial charge in [0.25, 0.3) is 5.89 Å². The third-order valence-electron chi connectivity index (χ3n) is 3.16. The van der Waals surface area contributed by atoms with Crippen LogP contribution in [0.5, 0.6) is 5.75 Å². The molecule has 2 heterocycles. The molecule has 100 valence electrons. The molecule has 2 aromatic rings. The lowest BCUT2D eigenvalue weighted by molar-refractivity contribution is 0.0773. The molecule has 3 rings (SSSR count). The monoisotopic (exact) mass is 280 g/mol. The van der Waals surface area contributed by atoms with Crippen molar-refractivity contribution in [1.29, 1.82) is 0 Å². The van der Waals surface area contributed by atoms with E-state index >= 15 is 0 Å². The molecule has 5 nitrogen and oxygen atoms in total. The highest BCUT2D eigenvalue weighted by Crippen LogP contribution is 2.32. The Morgan fingerprint density at radius 1 is 1.37 bits per heavy atom. The second-order valence-electron chi connectivity index (χ2n) is 4.53. The number of rotatable bonds is 2. The van der Waals surface area contributed by atoms with Gasteiger partial charge in [0, 0.05) is 17.5 Å². The van der Waals surface area contributed by atoms with E-state index < -0.39 is 0 Å². The zero-order chi connectivity index (χ0) is 13.2. The Labute approximate surface area is 115 Å². The van der Waals surface area contributed by atoms with E-state index in [0.717, 1.165) is 19.4 Å². The summed E-state index contributed by atoms with van der Waals surface area (Å²) in [6.45, 7) is 1.40. The topological polar surface area (TPSA) is 68.4 Å². The largest absolute Gasteiger partial charge is 0.507 e. The van der Waals surface area contributed by atoms with Gasteiger partial charge in [0.15, 0.2) is 5.82 Å². The number of halogens is 1. The first-order valence-corrected chi connectivity index (χ1v) is 6.52. The molecule has 0 bridgehead atoms. The van der Waals surface area contributed by atoms with Crippen molar-refractivity contribution in [1.82, 2.24) is 10.1 Å². The van der Waals surface area contributed by atoms with Crippen LogP contribution < -0.4 is 0 Å². The van der Waals surface area contributed by atoms with Crippen LogP contribution in [0, 0.1) is 0 Å². The van der Waals surface area contributed by atoms with Gasteiger partial charge in [0.2, 0.25) is 0 Å². The molecule has 0 amide bonds. The summed E-state index contributed by atoms with van der Waals surface area (Å²) < 4.78 is 10.6. The predicted molar refractivity (Wildman–Crippen MR) is 69.2 cm³/mol. The van der Waals surface area contributed by atoms with Crippen molar-refractivity contribution < 1.29 is 14.4 Å². The lowest BCUT2D eigenvalue weighted by atomic mass is 10.0. The molecule has 0 spiro atoms. The molecule has 1 atom stereocenters. The molecular formula is C13H13ClN2O3. The Morgan fingerprint density at radius 2 is 2.26 bits per heavy atom. The van der Waals surface area contributed by atoms with Crippen molar-refractivity contribution in [3.8, 4) is 17.2 Å². The van der Waals surface area contributed by atoms with Crippen LogP contribution in [0.25, 0.3) is 11.5 Å². The zero-order valence-corrected chi connectivity index (χ0v) is 10.9. The van der Waals surface area contributed by atoms with Crippen molar-refractivity contribution in [2.45, 2.75) is 18.8 Å². The quantitative estimate of drug-likeness (QED) is 0.916. The third-order valence-corrected chi connectivity index (χ3v) is 3.39. The maximum Gasteiger partial charge on any atom is 0.261 e. The highest BCUT2D eigenvalue weighted by molar-refractivity contribution is 6.30. The fourth-order valence-electron chi connectivity index (χ4n) is 2.13. The van der Waals surface area contributed by atoms with Crippen LogP contribution in [0.1, 0.15) is 24.6 Å². The molecule has 0 radical (unpaired) electrons. The van der Waals surface area contributed by atoms with Crippen LogP contribution in [0.2, 0.25) is 5.02 Å². The Balaban J connectivity index is 1.89. The van der Waals surface area contributed by atoms with E-state index in [-0.39, 0.29) is 17.6 Å². The number of aromatic nitrogens is 2. The molecule has 1 N–H and O–H groups in total. The van der Waals surface area contributed by atoms with Crippen LogP contribution >= 0.6 is 11.6 Å². The molecule has 1 aliphatic rings. The Bertz CT molecular complexity index is 579. The van der Waals surface area contributed by atoms with Gasteiger partial charge in [-0.1, -0.05) is 16.8 Å². The molecule has 1 aromatic heterocycles. The van der Waals surface area contributed by atoms with E-state index in [9.17, 15) is 5.11 Å². The first-order chi connectivity index (χ1) is 9.24. The summed E-state index contributed by atoms with van der Waals surface area (Å²) in [5.74, 6) is 1.13. The Kier molecular flexibility index (Phi) is 3.40. The normalized spacial score (nSPS) is 19.5. The maximum absolute atomic E-state index is 9.80. The van der Waals surface area contributed by atoms with Gasteiger partial charge in [-0.25, -0.2) is 0 Å². The maximum atomic E-state index is 9.80. The van der Waals surface area contributed by atoms with E-state index in [2.05, 4.69) is 10.1 Å². The molecule has 1 aromatic carbocycles. The van der Waals surface area contributed by atoms with Gasteiger partial charge < -0.3 is 14.4 Å². The molecule has 0 saturated carbocycles. The van der Waals surface area contributed by atoms with Gasteiger partial charge in [0.1, 0.15) is 5.75 Å². The standard InChI is InChI=1S/C13H13ClN2O3/c14-9-3-4-11(17)10(6-9)13-15-12(16-19-13)8-2-1-5-18-7-8/h3-4,6,8,17H,1-2,5,7H2. The van der Waals surface area contributed by atoms with Crippen molar-refractivity contribution in [3.05, 3.63) is 29.0 Å². The SMILES string of the molecule is Oc1ccc(Cl)cc1-c1nc(C2CCCOC2)no1. The number of nitrogens with zero attached hydrogens (tertiary/aromatic N) is 2. The van der Waals surface area contributed by atoms with Crippen molar-refractivity contribution in [2.75, 3.05) is 13.2 Å². The summed E-state index contributed by atoms with van der Waals surface area (Å²) in [6.07, 6.45) is 1.98. The van der Waals surface area contributed by atoms with Gasteiger partial charge in [-0.2, -0.15) is 4.98 Å². The van der Waals surface area contributed by atoms with E-state index in [1.807, 2.05) is 0 Å². The third kappa shape index (κ3) is 2.57. The minimum Gasteiger partial charge on any atom is -0.507 e. The summed E-state index contributed by atoms with van der Waals surface area (Å²) in [4.78, 5) is 4.33. The number of benzene rings is 1. The number of phenolic OH excluding ortho intramolecular Hbond substituents is 1. The average molecular weight is 281 g/mol. The number of phenols is 1.